The summed E-state index contributed by atoms with van der Waals surface area (Å²) >= 11 is 1.80. The Bertz CT molecular complexity index is 1130. The van der Waals surface area contributed by atoms with Gasteiger partial charge in [0.05, 0.1) is 12.5 Å². The van der Waals surface area contributed by atoms with Gasteiger partial charge in [0.1, 0.15) is 5.69 Å². The molecule has 1 saturated heterocycles. The lowest BCUT2D eigenvalue weighted by atomic mass is 10.1. The van der Waals surface area contributed by atoms with Gasteiger partial charge in [-0.1, -0.05) is 36.4 Å². The predicted molar refractivity (Wildman–Crippen MR) is 117 cm³/mol. The summed E-state index contributed by atoms with van der Waals surface area (Å²) in [6.07, 6.45) is 3.37. The molecule has 1 aliphatic heterocycles. The summed E-state index contributed by atoms with van der Waals surface area (Å²) in [6, 6.07) is 18.5. The van der Waals surface area contributed by atoms with Gasteiger partial charge in [-0.15, -0.1) is 11.3 Å². The molecule has 6 heteroatoms. The molecule has 2 aromatic carbocycles. The van der Waals surface area contributed by atoms with Gasteiger partial charge in [-0.05, 0) is 34.5 Å². The molecular weight excluding hydrogens is 380 g/mol. The SMILES string of the molecule is O=C(c1cncn1-c1ccccc1)N1CCN(Cc2csc3ccccc23)CC1. The van der Waals surface area contributed by atoms with Gasteiger partial charge >= 0.3 is 0 Å². The van der Waals surface area contributed by atoms with E-state index in [2.05, 4.69) is 39.5 Å². The number of rotatable bonds is 4. The maximum atomic E-state index is 13.1. The Morgan fingerprint density at radius 3 is 2.55 bits per heavy atom. The van der Waals surface area contributed by atoms with E-state index in [9.17, 15) is 4.79 Å². The van der Waals surface area contributed by atoms with Gasteiger partial charge in [0.25, 0.3) is 5.91 Å². The normalized spacial score (nSPS) is 15.1. The predicted octanol–water partition coefficient (Wildman–Crippen LogP) is 4.05. The minimum absolute atomic E-state index is 0.0481. The minimum atomic E-state index is 0.0481. The molecule has 1 aliphatic rings. The molecule has 0 radical (unpaired) electrons. The van der Waals surface area contributed by atoms with E-state index in [-0.39, 0.29) is 5.91 Å². The van der Waals surface area contributed by atoms with Crippen LogP contribution in [0.2, 0.25) is 0 Å². The van der Waals surface area contributed by atoms with Gasteiger partial charge in [-0.2, -0.15) is 0 Å². The van der Waals surface area contributed by atoms with Crippen molar-refractivity contribution in [2.75, 3.05) is 26.2 Å². The van der Waals surface area contributed by atoms with Crippen molar-refractivity contribution < 1.29 is 4.79 Å². The number of hydrogen-bond donors (Lipinski definition) is 0. The zero-order valence-electron chi connectivity index (χ0n) is 16.1. The number of aromatic nitrogens is 2. The lowest BCUT2D eigenvalue weighted by Gasteiger charge is -2.34. The Hall–Kier alpha value is -2.96. The van der Waals surface area contributed by atoms with Crippen molar-refractivity contribution in [3.63, 3.8) is 0 Å². The Morgan fingerprint density at radius 1 is 0.966 bits per heavy atom. The number of benzene rings is 2. The van der Waals surface area contributed by atoms with Crippen molar-refractivity contribution in [3.8, 4) is 5.69 Å². The van der Waals surface area contributed by atoms with Gasteiger partial charge < -0.3 is 4.90 Å². The molecule has 4 aromatic rings. The fourth-order valence-electron chi connectivity index (χ4n) is 3.91. The fourth-order valence-corrected chi connectivity index (χ4v) is 4.87. The molecule has 0 atom stereocenters. The quantitative estimate of drug-likeness (QED) is 0.517. The molecule has 1 fully saturated rings. The molecule has 1 amide bonds. The number of carbonyl (C=O) groups is 1. The third kappa shape index (κ3) is 3.57. The lowest BCUT2D eigenvalue weighted by molar-refractivity contribution is 0.0621. The number of fused-ring (bicyclic) bond motifs is 1. The van der Waals surface area contributed by atoms with E-state index in [4.69, 9.17) is 0 Å². The van der Waals surface area contributed by atoms with Crippen molar-refractivity contribution in [3.05, 3.63) is 83.8 Å². The first kappa shape index (κ1) is 18.1. The van der Waals surface area contributed by atoms with E-state index in [1.54, 1.807) is 23.9 Å². The van der Waals surface area contributed by atoms with Crippen LogP contribution in [-0.4, -0.2) is 51.4 Å². The third-order valence-electron chi connectivity index (χ3n) is 5.51. The molecule has 0 saturated carbocycles. The summed E-state index contributed by atoms with van der Waals surface area (Å²) in [7, 11) is 0. The second kappa shape index (κ2) is 7.81. The van der Waals surface area contributed by atoms with Crippen LogP contribution in [0.15, 0.2) is 72.5 Å². The molecule has 0 N–H and O–H groups in total. The van der Waals surface area contributed by atoms with Crippen molar-refractivity contribution in [1.82, 2.24) is 19.4 Å². The number of hydrogen-bond acceptors (Lipinski definition) is 4. The van der Waals surface area contributed by atoms with Crippen molar-refractivity contribution >= 4 is 27.3 Å². The molecule has 0 aliphatic carbocycles. The van der Waals surface area contributed by atoms with E-state index >= 15 is 0 Å². The third-order valence-corrected chi connectivity index (χ3v) is 6.52. The standard InChI is InChI=1S/C23H22N4OS/c28-23(21-14-24-17-27(21)19-6-2-1-3-7-19)26-12-10-25(11-13-26)15-18-16-29-22-9-5-4-8-20(18)22/h1-9,14,16-17H,10-13,15H2. The zero-order valence-corrected chi connectivity index (χ0v) is 16.9. The highest BCUT2D eigenvalue weighted by Crippen LogP contribution is 2.27. The van der Waals surface area contributed by atoms with E-state index in [0.717, 1.165) is 38.4 Å². The molecule has 0 bridgehead atoms. The highest BCUT2D eigenvalue weighted by molar-refractivity contribution is 7.17. The van der Waals surface area contributed by atoms with E-state index in [0.29, 0.717) is 5.69 Å². The highest BCUT2D eigenvalue weighted by atomic mass is 32.1. The molecule has 0 unspecified atom stereocenters. The molecule has 29 heavy (non-hydrogen) atoms. The van der Waals surface area contributed by atoms with Crippen molar-refractivity contribution in [2.24, 2.45) is 0 Å². The monoisotopic (exact) mass is 402 g/mol. The van der Waals surface area contributed by atoms with Crippen LogP contribution in [0.25, 0.3) is 15.8 Å². The number of carbonyl (C=O) groups excluding carboxylic acids is 1. The van der Waals surface area contributed by atoms with Crippen LogP contribution in [0.4, 0.5) is 0 Å². The second-order valence-electron chi connectivity index (χ2n) is 7.31. The maximum absolute atomic E-state index is 13.1. The summed E-state index contributed by atoms with van der Waals surface area (Å²) in [5, 5.41) is 3.61. The summed E-state index contributed by atoms with van der Waals surface area (Å²) in [4.78, 5) is 21.7. The smallest absolute Gasteiger partial charge is 0.272 e. The molecule has 146 valence electrons. The topological polar surface area (TPSA) is 41.4 Å². The average molecular weight is 403 g/mol. The van der Waals surface area contributed by atoms with Crippen molar-refractivity contribution in [2.45, 2.75) is 6.54 Å². The van der Waals surface area contributed by atoms with Crippen LogP contribution in [0.5, 0.6) is 0 Å². The number of thiophene rings is 1. The largest absolute Gasteiger partial charge is 0.335 e. The molecule has 5 nitrogen and oxygen atoms in total. The first-order chi connectivity index (χ1) is 14.3. The van der Waals surface area contributed by atoms with Gasteiger partial charge in [-0.25, -0.2) is 4.98 Å². The molecule has 0 spiro atoms. The number of amides is 1. The van der Waals surface area contributed by atoms with Gasteiger partial charge in [-0.3, -0.25) is 14.3 Å². The molecule has 3 heterocycles. The Morgan fingerprint density at radius 2 is 1.72 bits per heavy atom. The van der Waals surface area contributed by atoms with Crippen LogP contribution in [0, 0.1) is 0 Å². The van der Waals surface area contributed by atoms with E-state index in [1.165, 1.54) is 15.6 Å². The van der Waals surface area contributed by atoms with Crippen LogP contribution in [0.3, 0.4) is 0 Å². The number of nitrogens with zero attached hydrogens (tertiary/aromatic N) is 4. The van der Waals surface area contributed by atoms with Crippen LogP contribution in [0.1, 0.15) is 16.1 Å². The first-order valence-corrected chi connectivity index (χ1v) is 10.7. The summed E-state index contributed by atoms with van der Waals surface area (Å²) in [6.45, 7) is 4.18. The molecule has 2 aromatic heterocycles. The summed E-state index contributed by atoms with van der Waals surface area (Å²) < 4.78 is 3.21. The van der Waals surface area contributed by atoms with Crippen molar-refractivity contribution in [1.29, 1.82) is 0 Å². The highest BCUT2D eigenvalue weighted by Gasteiger charge is 2.25. The van der Waals surface area contributed by atoms with Gasteiger partial charge in [0.15, 0.2) is 0 Å². The lowest BCUT2D eigenvalue weighted by Crippen LogP contribution is -2.48. The van der Waals surface area contributed by atoms with Crippen LogP contribution >= 0.6 is 11.3 Å². The van der Waals surface area contributed by atoms with E-state index in [1.807, 2.05) is 39.8 Å². The van der Waals surface area contributed by atoms with E-state index < -0.39 is 0 Å². The Balaban J connectivity index is 1.25. The summed E-state index contributed by atoms with van der Waals surface area (Å²) in [5.74, 6) is 0.0481. The zero-order chi connectivity index (χ0) is 19.6. The Labute approximate surface area is 173 Å². The number of para-hydroxylation sites is 1. The van der Waals surface area contributed by atoms with Crippen LogP contribution in [-0.2, 0) is 6.54 Å². The molecular formula is C23H22N4OS. The van der Waals surface area contributed by atoms with Gasteiger partial charge in [0, 0.05) is 43.1 Å². The number of piperazine rings is 1. The fraction of sp³-hybridized carbons (Fsp3) is 0.217. The van der Waals surface area contributed by atoms with Crippen LogP contribution < -0.4 is 0 Å². The minimum Gasteiger partial charge on any atom is -0.335 e. The average Bonchev–Trinajstić information content (AvgIpc) is 3.42. The molecule has 5 rings (SSSR count). The maximum Gasteiger partial charge on any atom is 0.272 e. The van der Waals surface area contributed by atoms with Gasteiger partial charge in [0.2, 0.25) is 0 Å². The Kier molecular flexibility index (Phi) is 4.87. The second-order valence-corrected chi connectivity index (χ2v) is 8.22. The number of imidazole rings is 1. The first-order valence-electron chi connectivity index (χ1n) is 9.84. The summed E-state index contributed by atoms with van der Waals surface area (Å²) in [5.41, 5.74) is 2.96.